The first kappa shape index (κ1) is 20.4. The highest BCUT2D eigenvalue weighted by Gasteiger charge is 2.60. The summed E-state index contributed by atoms with van der Waals surface area (Å²) >= 11 is 3.61. The zero-order valence-corrected chi connectivity index (χ0v) is 20.1. The second-order valence-corrected chi connectivity index (χ2v) is 11.4. The van der Waals surface area contributed by atoms with Crippen LogP contribution in [0.4, 0.5) is 0 Å². The number of aryl methyl sites for hydroxylation is 1. The van der Waals surface area contributed by atoms with Gasteiger partial charge in [-0.25, -0.2) is 4.98 Å². The van der Waals surface area contributed by atoms with Crippen LogP contribution < -0.4 is 0 Å². The number of aromatic nitrogens is 4. The van der Waals surface area contributed by atoms with Crippen LogP contribution in [0.15, 0.2) is 53.7 Å². The van der Waals surface area contributed by atoms with Crippen molar-refractivity contribution < 1.29 is 0 Å². The minimum atomic E-state index is 0.382. The quantitative estimate of drug-likeness (QED) is 0.281. The average Bonchev–Trinajstić information content (AvgIpc) is 3.07. The zero-order chi connectivity index (χ0) is 21.7. The average molecular weight is 462 g/mol. The van der Waals surface area contributed by atoms with E-state index in [9.17, 15) is 0 Å². The molecule has 4 aromatic rings. The molecule has 2 aromatic heterocycles. The maximum atomic E-state index is 4.72. The molecule has 0 N–H and O–H groups in total. The van der Waals surface area contributed by atoms with Crippen LogP contribution >= 0.6 is 23.1 Å². The number of fused-ring (bicyclic) bond motifs is 2. The van der Waals surface area contributed by atoms with E-state index in [0.29, 0.717) is 5.41 Å². The zero-order valence-electron chi connectivity index (χ0n) is 18.5. The highest BCUT2D eigenvalue weighted by atomic mass is 32.2. The van der Waals surface area contributed by atoms with Gasteiger partial charge in [-0.1, -0.05) is 48.2 Å². The summed E-state index contributed by atoms with van der Waals surface area (Å²) in [4.78, 5) is 7.38. The number of hydrogen-bond donors (Lipinski definition) is 0. The number of nitrogens with zero attached hydrogens (tertiary/aromatic N) is 5. The lowest BCUT2D eigenvalue weighted by atomic mass is 9.95. The maximum absolute atomic E-state index is 4.72. The van der Waals surface area contributed by atoms with Crippen molar-refractivity contribution in [2.24, 2.45) is 13.0 Å². The number of benzene rings is 2. The van der Waals surface area contributed by atoms with E-state index in [0.717, 1.165) is 39.8 Å². The Labute approximate surface area is 196 Å². The summed E-state index contributed by atoms with van der Waals surface area (Å²) in [6, 6.07) is 17.3. The van der Waals surface area contributed by atoms with Crippen molar-refractivity contribution >= 4 is 33.3 Å². The molecule has 1 saturated heterocycles. The Hall–Kier alpha value is -2.22. The summed E-state index contributed by atoms with van der Waals surface area (Å²) in [6.07, 6.45) is 2.51. The predicted molar refractivity (Wildman–Crippen MR) is 132 cm³/mol. The van der Waals surface area contributed by atoms with Gasteiger partial charge in [0, 0.05) is 36.9 Å². The molecule has 0 amide bonds. The fourth-order valence-corrected chi connectivity index (χ4v) is 6.93. The molecule has 0 spiro atoms. The van der Waals surface area contributed by atoms with Crippen LogP contribution in [0.1, 0.15) is 23.4 Å². The number of hydrogen-bond acceptors (Lipinski definition) is 6. The molecule has 3 heterocycles. The van der Waals surface area contributed by atoms with Gasteiger partial charge in [0.05, 0.1) is 15.2 Å². The van der Waals surface area contributed by atoms with Crippen LogP contribution in [0.5, 0.6) is 0 Å². The van der Waals surface area contributed by atoms with Crippen LogP contribution in [0.25, 0.3) is 21.6 Å². The van der Waals surface area contributed by atoms with E-state index in [-0.39, 0.29) is 0 Å². The summed E-state index contributed by atoms with van der Waals surface area (Å²) in [5.74, 6) is 2.82. The lowest BCUT2D eigenvalue weighted by Gasteiger charge is -2.21. The van der Waals surface area contributed by atoms with E-state index >= 15 is 0 Å². The number of rotatable bonds is 7. The molecule has 1 saturated carbocycles. The molecule has 5 nitrogen and oxygen atoms in total. The lowest BCUT2D eigenvalue weighted by Crippen LogP contribution is -2.27. The summed E-state index contributed by atoms with van der Waals surface area (Å²) in [5, 5.41) is 11.0. The molecule has 0 radical (unpaired) electrons. The molecule has 1 unspecified atom stereocenters. The summed E-state index contributed by atoms with van der Waals surface area (Å²) in [7, 11) is 2.06. The fourth-order valence-electron chi connectivity index (χ4n) is 5.29. The minimum absolute atomic E-state index is 0.382. The van der Waals surface area contributed by atoms with Gasteiger partial charge in [-0.15, -0.1) is 21.5 Å². The van der Waals surface area contributed by atoms with E-state index in [2.05, 4.69) is 64.0 Å². The number of thioether (sulfide) groups is 1. The first-order chi connectivity index (χ1) is 15.6. The molecule has 32 heavy (non-hydrogen) atoms. The van der Waals surface area contributed by atoms with Gasteiger partial charge >= 0.3 is 0 Å². The fraction of sp³-hybridized carbons (Fsp3) is 0.400. The predicted octanol–water partition coefficient (Wildman–Crippen LogP) is 5.16. The van der Waals surface area contributed by atoms with Gasteiger partial charge in [0.1, 0.15) is 0 Å². The molecule has 2 aromatic carbocycles. The van der Waals surface area contributed by atoms with Gasteiger partial charge in [0.25, 0.3) is 0 Å². The second kappa shape index (κ2) is 7.97. The Morgan fingerprint density at radius 3 is 2.91 bits per heavy atom. The second-order valence-electron chi connectivity index (χ2n) is 9.14. The Balaban J connectivity index is 1.04. The third-order valence-electron chi connectivity index (χ3n) is 7.00. The first-order valence-electron chi connectivity index (χ1n) is 11.3. The topological polar surface area (TPSA) is 46.8 Å². The lowest BCUT2D eigenvalue weighted by molar-refractivity contribution is 0.299. The van der Waals surface area contributed by atoms with E-state index < -0.39 is 0 Å². The molecule has 164 valence electrons. The van der Waals surface area contributed by atoms with Crippen molar-refractivity contribution in [1.82, 2.24) is 24.6 Å². The molecule has 1 aliphatic heterocycles. The first-order valence-corrected chi connectivity index (χ1v) is 13.1. The molecule has 0 bridgehead atoms. The Morgan fingerprint density at radius 1 is 1.16 bits per heavy atom. The van der Waals surface area contributed by atoms with Crippen LogP contribution in [0.3, 0.4) is 0 Å². The third kappa shape index (κ3) is 3.56. The molecular weight excluding hydrogens is 434 g/mol. The van der Waals surface area contributed by atoms with Crippen molar-refractivity contribution in [3.05, 3.63) is 59.1 Å². The van der Waals surface area contributed by atoms with Gasteiger partial charge in [0.15, 0.2) is 11.0 Å². The number of thiazole rings is 1. The van der Waals surface area contributed by atoms with Crippen molar-refractivity contribution in [2.75, 3.05) is 25.4 Å². The molecular formula is C25H27N5S2. The van der Waals surface area contributed by atoms with Crippen LogP contribution in [-0.2, 0) is 12.5 Å². The Morgan fingerprint density at radius 2 is 2.03 bits per heavy atom. The third-order valence-corrected chi connectivity index (χ3v) is 9.06. The van der Waals surface area contributed by atoms with Crippen LogP contribution in [0.2, 0.25) is 0 Å². The van der Waals surface area contributed by atoms with Gasteiger partial charge in [0.2, 0.25) is 0 Å². The maximum Gasteiger partial charge on any atom is 0.191 e. The molecule has 2 atom stereocenters. The van der Waals surface area contributed by atoms with Crippen molar-refractivity contribution in [3.8, 4) is 11.4 Å². The highest BCUT2D eigenvalue weighted by Crippen LogP contribution is 2.59. The van der Waals surface area contributed by atoms with Gasteiger partial charge in [-0.05, 0) is 49.9 Å². The van der Waals surface area contributed by atoms with Gasteiger partial charge in [-0.3, -0.25) is 0 Å². The standard InChI is InChI=1S/C25H27N5S2/c1-17-26-21-13-19(9-10-22(21)32-17)25-14-20(25)15-30(16-25)11-6-12-31-24-28-27-23(29(24)2)18-7-4-3-5-8-18/h3-5,7-10,13,20H,6,11-12,14-16H2,1-2H3/t20-,25?/m1/s1. The Bertz CT molecular complexity index is 1260. The monoisotopic (exact) mass is 461 g/mol. The van der Waals surface area contributed by atoms with E-state index in [4.69, 9.17) is 4.98 Å². The number of piperidine rings is 1. The molecule has 2 fully saturated rings. The number of likely N-dealkylation sites (tertiary alicyclic amines) is 1. The van der Waals surface area contributed by atoms with Gasteiger partial charge in [-0.2, -0.15) is 0 Å². The normalized spacial score (nSPS) is 22.5. The molecule has 1 aliphatic carbocycles. The molecule has 6 rings (SSSR count). The Kier molecular flexibility index (Phi) is 5.08. The van der Waals surface area contributed by atoms with Crippen molar-refractivity contribution in [2.45, 2.75) is 30.3 Å². The van der Waals surface area contributed by atoms with Crippen molar-refractivity contribution in [3.63, 3.8) is 0 Å². The summed E-state index contributed by atoms with van der Waals surface area (Å²) in [5.41, 5.74) is 4.18. The van der Waals surface area contributed by atoms with E-state index in [1.165, 1.54) is 41.7 Å². The van der Waals surface area contributed by atoms with Gasteiger partial charge < -0.3 is 9.47 Å². The van der Waals surface area contributed by atoms with Crippen LogP contribution in [0, 0.1) is 12.8 Å². The van der Waals surface area contributed by atoms with Crippen molar-refractivity contribution in [1.29, 1.82) is 0 Å². The van der Waals surface area contributed by atoms with E-state index in [1.54, 1.807) is 11.3 Å². The smallest absolute Gasteiger partial charge is 0.191 e. The SMILES string of the molecule is Cc1nc2cc(C34C[C@@H]3CN(CCCSc3nnc(-c5ccccc5)n3C)C4)ccc2s1. The summed E-state index contributed by atoms with van der Waals surface area (Å²) in [6.45, 7) is 5.69. The summed E-state index contributed by atoms with van der Waals surface area (Å²) < 4.78 is 3.42. The molecule has 2 aliphatic rings. The van der Waals surface area contributed by atoms with E-state index in [1.807, 2.05) is 30.0 Å². The molecule has 7 heteroatoms. The minimum Gasteiger partial charge on any atom is -0.305 e. The largest absolute Gasteiger partial charge is 0.305 e. The van der Waals surface area contributed by atoms with Crippen LogP contribution in [-0.4, -0.2) is 50.0 Å². The highest BCUT2D eigenvalue weighted by molar-refractivity contribution is 7.99.